The third kappa shape index (κ3) is 10.4. The first-order valence-corrected chi connectivity index (χ1v) is 41.6. The van der Waals surface area contributed by atoms with Crippen LogP contribution < -0.4 is 0 Å². The van der Waals surface area contributed by atoms with E-state index >= 15 is 0 Å². The van der Waals surface area contributed by atoms with Gasteiger partial charge in [-0.1, -0.05) is 334 Å². The van der Waals surface area contributed by atoms with Crippen LogP contribution in [0.4, 0.5) is 0 Å². The number of nitrogens with zero attached hydrogens (tertiary/aromatic N) is 4. The van der Waals surface area contributed by atoms with Gasteiger partial charge in [0.1, 0.15) is 0 Å². The lowest BCUT2D eigenvalue weighted by Crippen LogP contribution is -2.28. The molecule has 23 aromatic rings. The smallest absolute Gasteiger partial charge is 0.0714 e. The number of para-hydroxylation sites is 5. The molecule has 0 radical (unpaired) electrons. The second-order valence-electron chi connectivity index (χ2n) is 32.1. The molecule has 2 aliphatic rings. The molecular formula is C116H76N4. The summed E-state index contributed by atoms with van der Waals surface area (Å²) in [5.41, 5.74) is 36.1. The van der Waals surface area contributed by atoms with Crippen molar-refractivity contribution in [1.29, 1.82) is 0 Å². The van der Waals surface area contributed by atoms with Crippen molar-refractivity contribution in [2.24, 2.45) is 0 Å². The van der Waals surface area contributed by atoms with E-state index in [0.717, 1.165) is 11.4 Å². The van der Waals surface area contributed by atoms with Crippen molar-refractivity contribution >= 4 is 87.2 Å². The third-order valence-electron chi connectivity index (χ3n) is 26.0. The quantitative estimate of drug-likeness (QED) is 0.123. The zero-order valence-corrected chi connectivity index (χ0v) is 65.7. The number of fused-ring (bicyclic) bond motifs is 18. The fourth-order valence-corrected chi connectivity index (χ4v) is 20.9. The highest BCUT2D eigenvalue weighted by molar-refractivity contribution is 6.15. The summed E-state index contributed by atoms with van der Waals surface area (Å²) in [5.74, 6) is 0. The van der Waals surface area contributed by atoms with Crippen LogP contribution in [0.15, 0.2) is 461 Å². The Morgan fingerprint density at radius 2 is 0.375 bits per heavy atom. The Balaban J connectivity index is 0.000000137. The molecule has 0 N–H and O–H groups in total. The van der Waals surface area contributed by atoms with Crippen LogP contribution in [0.5, 0.6) is 0 Å². The van der Waals surface area contributed by atoms with Crippen LogP contribution in [0, 0.1) is 0 Å². The number of aromatic nitrogens is 4. The summed E-state index contributed by atoms with van der Waals surface area (Å²) >= 11 is 0. The van der Waals surface area contributed by atoms with Crippen molar-refractivity contribution in [1.82, 2.24) is 18.3 Å². The van der Waals surface area contributed by atoms with Gasteiger partial charge in [0, 0.05) is 65.8 Å². The van der Waals surface area contributed by atoms with Crippen molar-refractivity contribution in [3.63, 3.8) is 0 Å². The standard InChI is InChI=1S/C61H40N2.C55H36N2/c1-4-17-41(18-5-1)42-31-34-59-53(37-42)54-39-44(43-32-35-58-52(38-43)51-27-12-15-30-57(51)62(58)47-22-8-3-9-23-47)33-36-60(54)63(59)48-24-16-21-46(40-48)61(45-19-6-2-7-20-45)55-28-13-10-25-49(55)50-26-11-14-29-56(50)61;1-3-15-39(16-4-1)55(49-23-11-7-19-43(49)44-20-8-12-24-50(44)55)40-29-31-42(32-30-40)57-52-26-14-10-22-46(52)48-36-38(28-34-54(48)57)37-27-33-53-47(35-37)45-21-9-13-25-51(45)56(53)41-17-5-2-6-18-41/h1-40H;1-36H. The van der Waals surface area contributed by atoms with Gasteiger partial charge >= 0.3 is 0 Å². The summed E-state index contributed by atoms with van der Waals surface area (Å²) in [7, 11) is 0. The van der Waals surface area contributed by atoms with Gasteiger partial charge in [-0.05, 0) is 228 Å². The number of hydrogen-bond acceptors (Lipinski definition) is 0. The fourth-order valence-electron chi connectivity index (χ4n) is 20.9. The molecule has 0 fully saturated rings. The largest absolute Gasteiger partial charge is 0.309 e. The van der Waals surface area contributed by atoms with Gasteiger partial charge in [-0.25, -0.2) is 0 Å². The fraction of sp³-hybridized carbons (Fsp3) is 0.0172. The minimum Gasteiger partial charge on any atom is -0.309 e. The van der Waals surface area contributed by atoms with Crippen LogP contribution in [-0.2, 0) is 10.8 Å². The van der Waals surface area contributed by atoms with Crippen molar-refractivity contribution in [2.75, 3.05) is 0 Å². The van der Waals surface area contributed by atoms with Gasteiger partial charge < -0.3 is 18.3 Å². The molecular weight excluding hydrogens is 1450 g/mol. The first-order valence-electron chi connectivity index (χ1n) is 41.6. The van der Waals surface area contributed by atoms with Crippen LogP contribution >= 0.6 is 0 Å². The lowest BCUT2D eigenvalue weighted by molar-refractivity contribution is 0.767. The average molecular weight is 1530 g/mol. The summed E-state index contributed by atoms with van der Waals surface area (Å²) in [6.45, 7) is 0. The second-order valence-corrected chi connectivity index (χ2v) is 32.1. The van der Waals surface area contributed by atoms with E-state index in [1.807, 2.05) is 0 Å². The Morgan fingerprint density at radius 3 is 0.742 bits per heavy atom. The summed E-state index contributed by atoms with van der Waals surface area (Å²) in [6, 6.07) is 170. The second kappa shape index (κ2) is 27.5. The molecule has 19 aromatic carbocycles. The van der Waals surface area contributed by atoms with Gasteiger partial charge in [0.15, 0.2) is 0 Å². The molecule has 4 heteroatoms. The number of rotatable bonds is 11. The third-order valence-corrected chi connectivity index (χ3v) is 26.0. The van der Waals surface area contributed by atoms with Gasteiger partial charge in [0.25, 0.3) is 0 Å². The van der Waals surface area contributed by atoms with Crippen molar-refractivity contribution in [3.8, 4) is 78.4 Å². The maximum Gasteiger partial charge on any atom is 0.0714 e. The van der Waals surface area contributed by atoms with Gasteiger partial charge in [0.05, 0.1) is 55.0 Å². The van der Waals surface area contributed by atoms with E-state index in [2.05, 4.69) is 479 Å². The summed E-state index contributed by atoms with van der Waals surface area (Å²) < 4.78 is 9.67. The van der Waals surface area contributed by atoms with Crippen molar-refractivity contribution < 1.29 is 0 Å². The molecule has 0 amide bonds. The molecule has 4 aromatic heterocycles. The van der Waals surface area contributed by atoms with Crippen LogP contribution in [0.3, 0.4) is 0 Å². The molecule has 0 saturated heterocycles. The highest BCUT2D eigenvalue weighted by atomic mass is 15.0. The van der Waals surface area contributed by atoms with E-state index in [9.17, 15) is 0 Å². The molecule has 0 saturated carbocycles. The Hall–Kier alpha value is -15.6. The zero-order chi connectivity index (χ0) is 79.0. The molecule has 25 rings (SSSR count). The monoisotopic (exact) mass is 1520 g/mol. The molecule has 0 unspecified atom stereocenters. The van der Waals surface area contributed by atoms with E-state index in [1.165, 1.54) is 199 Å². The van der Waals surface area contributed by atoms with Crippen LogP contribution in [0.2, 0.25) is 0 Å². The average Bonchev–Trinajstić information content (AvgIpc) is 1.54. The lowest BCUT2D eigenvalue weighted by atomic mass is 9.67. The van der Waals surface area contributed by atoms with Gasteiger partial charge in [-0.2, -0.15) is 0 Å². The Morgan fingerprint density at radius 1 is 0.133 bits per heavy atom. The topological polar surface area (TPSA) is 19.7 Å². The summed E-state index contributed by atoms with van der Waals surface area (Å²) in [4.78, 5) is 0. The highest BCUT2D eigenvalue weighted by Crippen LogP contribution is 2.59. The minimum atomic E-state index is -0.487. The van der Waals surface area contributed by atoms with E-state index in [0.29, 0.717) is 0 Å². The Kier molecular flexibility index (Phi) is 15.8. The van der Waals surface area contributed by atoms with Crippen LogP contribution in [-0.4, -0.2) is 18.3 Å². The van der Waals surface area contributed by atoms with Gasteiger partial charge in [-0.3, -0.25) is 0 Å². The lowest BCUT2D eigenvalue weighted by Gasteiger charge is -2.34. The van der Waals surface area contributed by atoms with Gasteiger partial charge in [-0.15, -0.1) is 0 Å². The highest BCUT2D eigenvalue weighted by Gasteiger charge is 2.48. The van der Waals surface area contributed by atoms with Crippen molar-refractivity contribution in [3.05, 3.63) is 506 Å². The van der Waals surface area contributed by atoms with E-state index in [1.54, 1.807) is 0 Å². The molecule has 0 bridgehead atoms. The zero-order valence-electron chi connectivity index (χ0n) is 65.7. The van der Waals surface area contributed by atoms with E-state index in [4.69, 9.17) is 0 Å². The molecule has 4 nitrogen and oxygen atoms in total. The summed E-state index contributed by atoms with van der Waals surface area (Å²) in [5, 5.41) is 9.98. The first-order chi connectivity index (χ1) is 59.5. The predicted molar refractivity (Wildman–Crippen MR) is 501 cm³/mol. The molecule has 0 spiro atoms. The minimum absolute atomic E-state index is 0.419. The Labute approximate surface area is 695 Å². The van der Waals surface area contributed by atoms with Crippen molar-refractivity contribution in [2.45, 2.75) is 10.8 Å². The van der Waals surface area contributed by atoms with E-state index < -0.39 is 10.8 Å². The molecule has 560 valence electrons. The Bertz CT molecular complexity index is 7910. The maximum absolute atomic E-state index is 2.48. The normalized spacial score (nSPS) is 13.0. The molecule has 0 aliphatic heterocycles. The molecule has 120 heavy (non-hydrogen) atoms. The SMILES string of the molecule is c1ccc(-c2ccc3c(c2)c2cc(-c4ccc5c(c4)c4ccccc4n5-c4ccccc4)ccc2n3-c2cccc(C3(c4ccccc4)c4ccccc4-c4ccccc43)c2)cc1.c1ccc(-n2c3ccccc3c3cc(-c4ccc5c(c4)c4ccccc4n5-c4ccc(C5(c6ccccc6)c6ccccc6-c6ccccc65)cc4)ccc32)cc1. The van der Waals surface area contributed by atoms with Crippen LogP contribution in [0.1, 0.15) is 44.5 Å². The predicted octanol–water partition coefficient (Wildman–Crippen LogP) is 29.5. The number of hydrogen-bond donors (Lipinski definition) is 0. The molecule has 0 atom stereocenters. The maximum atomic E-state index is 2.48. The first kappa shape index (κ1) is 68.8. The van der Waals surface area contributed by atoms with Gasteiger partial charge in [0.2, 0.25) is 0 Å². The van der Waals surface area contributed by atoms with E-state index in [-0.39, 0.29) is 0 Å². The number of benzene rings is 19. The molecule has 2 aliphatic carbocycles. The van der Waals surface area contributed by atoms with Crippen LogP contribution in [0.25, 0.3) is 166 Å². The molecule has 4 heterocycles. The summed E-state index contributed by atoms with van der Waals surface area (Å²) in [6.07, 6.45) is 0.